The van der Waals surface area contributed by atoms with Crippen LogP contribution in [0, 0.1) is 0 Å². The summed E-state index contributed by atoms with van der Waals surface area (Å²) in [6.45, 7) is 0.629. The van der Waals surface area contributed by atoms with Gasteiger partial charge in [-0.25, -0.2) is 4.98 Å². The van der Waals surface area contributed by atoms with Crippen LogP contribution in [-0.2, 0) is 6.42 Å². The van der Waals surface area contributed by atoms with Gasteiger partial charge in [-0.3, -0.25) is 14.9 Å². The quantitative estimate of drug-likeness (QED) is 0.832. The van der Waals surface area contributed by atoms with Gasteiger partial charge in [0.1, 0.15) is 6.33 Å². The van der Waals surface area contributed by atoms with Crippen molar-refractivity contribution in [2.24, 2.45) is 0 Å². The molecule has 0 aromatic carbocycles. The van der Waals surface area contributed by atoms with Gasteiger partial charge in [-0.2, -0.15) is 5.10 Å². The van der Waals surface area contributed by atoms with E-state index < -0.39 is 0 Å². The second-order valence-corrected chi connectivity index (χ2v) is 3.67. The van der Waals surface area contributed by atoms with E-state index in [0.717, 1.165) is 12.0 Å². The highest BCUT2D eigenvalue weighted by Crippen LogP contribution is 2.01. The van der Waals surface area contributed by atoms with Crippen LogP contribution >= 0.6 is 0 Å². The number of nitrogens with one attached hydrogen (secondary N) is 1. The molecule has 0 aliphatic rings. The molecule has 0 aliphatic heterocycles. The molecule has 2 heterocycles. The molecule has 2 aromatic rings. The number of aromatic amines is 1. The van der Waals surface area contributed by atoms with E-state index in [0.29, 0.717) is 6.54 Å². The van der Waals surface area contributed by atoms with Crippen molar-refractivity contribution < 1.29 is 4.79 Å². The molecular weight excluding hydrogens is 218 g/mol. The van der Waals surface area contributed by atoms with Crippen molar-refractivity contribution in [3.8, 4) is 0 Å². The van der Waals surface area contributed by atoms with Crippen molar-refractivity contribution in [1.29, 1.82) is 0 Å². The fraction of sp³-hybridized carbons (Fsp3) is 0.273. The molecule has 0 fully saturated rings. The molecule has 0 saturated carbocycles. The zero-order chi connectivity index (χ0) is 12.1. The van der Waals surface area contributed by atoms with Crippen LogP contribution in [0.15, 0.2) is 30.9 Å². The van der Waals surface area contributed by atoms with Crippen molar-refractivity contribution in [3.63, 3.8) is 0 Å². The first-order valence-electron chi connectivity index (χ1n) is 5.27. The van der Waals surface area contributed by atoms with Gasteiger partial charge in [-0.05, 0) is 24.1 Å². The van der Waals surface area contributed by atoms with Crippen molar-refractivity contribution in [2.75, 3.05) is 13.6 Å². The summed E-state index contributed by atoms with van der Waals surface area (Å²) in [6, 6.07) is 3.87. The standard InChI is InChI=1S/C11H13N5O/c1-16(11(17)10-13-8-14-15-10)7-4-9-2-5-12-6-3-9/h2-3,5-6,8H,4,7H2,1H3,(H,13,14,15). The van der Waals surface area contributed by atoms with Crippen molar-refractivity contribution in [1.82, 2.24) is 25.1 Å². The van der Waals surface area contributed by atoms with Crippen molar-refractivity contribution in [2.45, 2.75) is 6.42 Å². The van der Waals surface area contributed by atoms with Gasteiger partial charge < -0.3 is 4.90 Å². The maximum Gasteiger partial charge on any atom is 0.290 e. The third-order valence-corrected chi connectivity index (χ3v) is 2.45. The zero-order valence-corrected chi connectivity index (χ0v) is 9.50. The Morgan fingerprint density at radius 3 is 2.82 bits per heavy atom. The Labute approximate surface area is 98.7 Å². The summed E-state index contributed by atoms with van der Waals surface area (Å²) in [4.78, 5) is 21.2. The number of rotatable bonds is 4. The monoisotopic (exact) mass is 231 g/mol. The summed E-state index contributed by atoms with van der Waals surface area (Å²) in [7, 11) is 1.74. The molecule has 0 aliphatic carbocycles. The largest absolute Gasteiger partial charge is 0.339 e. The number of aromatic nitrogens is 4. The van der Waals surface area contributed by atoms with E-state index >= 15 is 0 Å². The van der Waals surface area contributed by atoms with Crippen molar-refractivity contribution >= 4 is 5.91 Å². The average molecular weight is 231 g/mol. The highest BCUT2D eigenvalue weighted by molar-refractivity contribution is 5.90. The minimum absolute atomic E-state index is 0.156. The lowest BCUT2D eigenvalue weighted by atomic mass is 10.2. The first-order chi connectivity index (χ1) is 8.27. The van der Waals surface area contributed by atoms with Crippen LogP contribution in [0.4, 0.5) is 0 Å². The number of carbonyl (C=O) groups is 1. The molecule has 88 valence electrons. The minimum atomic E-state index is -0.156. The lowest BCUT2D eigenvalue weighted by Crippen LogP contribution is -2.29. The number of likely N-dealkylation sites (N-methyl/N-ethyl adjacent to an activating group) is 1. The summed E-state index contributed by atoms with van der Waals surface area (Å²) in [5.41, 5.74) is 1.15. The van der Waals surface area contributed by atoms with Gasteiger partial charge in [0, 0.05) is 26.0 Å². The van der Waals surface area contributed by atoms with Crippen LogP contribution in [0.5, 0.6) is 0 Å². The van der Waals surface area contributed by atoms with Gasteiger partial charge >= 0.3 is 0 Å². The first kappa shape index (κ1) is 11.3. The van der Waals surface area contributed by atoms with E-state index in [1.807, 2.05) is 12.1 Å². The molecule has 1 N–H and O–H groups in total. The van der Waals surface area contributed by atoms with Crippen LogP contribution in [-0.4, -0.2) is 44.6 Å². The van der Waals surface area contributed by atoms with Gasteiger partial charge in [-0.1, -0.05) is 0 Å². The third-order valence-electron chi connectivity index (χ3n) is 2.45. The third kappa shape index (κ3) is 2.87. The van der Waals surface area contributed by atoms with Crippen LogP contribution in [0.3, 0.4) is 0 Å². The Hall–Kier alpha value is -2.24. The molecular formula is C11H13N5O. The van der Waals surface area contributed by atoms with E-state index in [9.17, 15) is 4.79 Å². The summed E-state index contributed by atoms with van der Waals surface area (Å²) >= 11 is 0. The van der Waals surface area contributed by atoms with E-state index in [4.69, 9.17) is 0 Å². The molecule has 2 aromatic heterocycles. The number of H-pyrrole nitrogens is 1. The van der Waals surface area contributed by atoms with E-state index in [-0.39, 0.29) is 11.7 Å². The molecule has 2 rings (SSSR count). The number of pyridine rings is 1. The molecule has 0 atom stereocenters. The first-order valence-corrected chi connectivity index (χ1v) is 5.27. The SMILES string of the molecule is CN(CCc1ccncc1)C(=O)c1ncn[nH]1. The Morgan fingerprint density at radius 2 is 2.18 bits per heavy atom. The average Bonchev–Trinajstić information content (AvgIpc) is 2.90. The van der Waals surface area contributed by atoms with Crippen molar-refractivity contribution in [3.05, 3.63) is 42.2 Å². The molecule has 0 bridgehead atoms. The smallest absolute Gasteiger partial charge is 0.290 e. The Kier molecular flexibility index (Phi) is 3.44. The maximum atomic E-state index is 11.8. The molecule has 0 spiro atoms. The summed E-state index contributed by atoms with van der Waals surface area (Å²) in [6.07, 6.45) is 5.60. The minimum Gasteiger partial charge on any atom is -0.339 e. The zero-order valence-electron chi connectivity index (χ0n) is 9.50. The highest BCUT2D eigenvalue weighted by Gasteiger charge is 2.13. The molecule has 6 nitrogen and oxygen atoms in total. The lowest BCUT2D eigenvalue weighted by Gasteiger charge is -2.15. The van der Waals surface area contributed by atoms with Gasteiger partial charge in [0.25, 0.3) is 5.91 Å². The summed E-state index contributed by atoms with van der Waals surface area (Å²) in [5.74, 6) is 0.110. The van der Waals surface area contributed by atoms with Crippen LogP contribution in [0.25, 0.3) is 0 Å². The normalized spacial score (nSPS) is 10.2. The topological polar surface area (TPSA) is 74.8 Å². The number of amides is 1. The predicted octanol–water partition coefficient (Wildman–Crippen LogP) is 0.514. The fourth-order valence-corrected chi connectivity index (χ4v) is 1.44. The van der Waals surface area contributed by atoms with Gasteiger partial charge in [-0.15, -0.1) is 0 Å². The van der Waals surface area contributed by atoms with Gasteiger partial charge in [0.2, 0.25) is 5.82 Å². The Bertz CT molecular complexity index is 468. The molecule has 1 amide bonds. The molecule has 0 radical (unpaired) electrons. The Balaban J connectivity index is 1.90. The fourth-order valence-electron chi connectivity index (χ4n) is 1.44. The maximum absolute atomic E-state index is 11.8. The van der Waals surface area contributed by atoms with Gasteiger partial charge in [0.15, 0.2) is 0 Å². The summed E-state index contributed by atoms with van der Waals surface area (Å²) in [5, 5.41) is 6.21. The molecule has 6 heteroatoms. The predicted molar refractivity (Wildman–Crippen MR) is 61.3 cm³/mol. The summed E-state index contributed by atoms with van der Waals surface area (Å²) < 4.78 is 0. The van der Waals surface area contributed by atoms with Gasteiger partial charge in [0.05, 0.1) is 0 Å². The Morgan fingerprint density at radius 1 is 1.41 bits per heavy atom. The highest BCUT2D eigenvalue weighted by atomic mass is 16.2. The van der Waals surface area contributed by atoms with E-state index in [2.05, 4.69) is 20.2 Å². The van der Waals surface area contributed by atoms with Crippen LogP contribution < -0.4 is 0 Å². The number of carbonyl (C=O) groups excluding carboxylic acids is 1. The second kappa shape index (κ2) is 5.20. The lowest BCUT2D eigenvalue weighted by molar-refractivity contribution is 0.0785. The molecule has 0 unspecified atom stereocenters. The number of hydrogen-bond donors (Lipinski definition) is 1. The van der Waals surface area contributed by atoms with E-state index in [1.54, 1.807) is 24.3 Å². The van der Waals surface area contributed by atoms with E-state index in [1.165, 1.54) is 6.33 Å². The van der Waals surface area contributed by atoms with Crippen LogP contribution in [0.1, 0.15) is 16.2 Å². The molecule has 17 heavy (non-hydrogen) atoms. The number of hydrogen-bond acceptors (Lipinski definition) is 4. The van der Waals surface area contributed by atoms with Crippen LogP contribution in [0.2, 0.25) is 0 Å². The second-order valence-electron chi connectivity index (χ2n) is 3.67. The molecule has 0 saturated heterocycles. The number of nitrogens with zero attached hydrogens (tertiary/aromatic N) is 4.